The molecule has 1 N–H and O–H groups in total. The number of amides is 1. The molecule has 3 aromatic rings. The van der Waals surface area contributed by atoms with Gasteiger partial charge in [0.15, 0.2) is 11.9 Å². The molecule has 0 bridgehead atoms. The van der Waals surface area contributed by atoms with E-state index in [1.54, 1.807) is 24.3 Å². The van der Waals surface area contributed by atoms with Crippen LogP contribution in [0.1, 0.15) is 47.7 Å². The Bertz CT molecular complexity index is 1010. The second kappa shape index (κ2) is 10.3. The van der Waals surface area contributed by atoms with Gasteiger partial charge in [0.05, 0.1) is 6.42 Å². The fourth-order valence-electron chi connectivity index (χ4n) is 3.32. The summed E-state index contributed by atoms with van der Waals surface area (Å²) in [6, 6.07) is 26.1. The summed E-state index contributed by atoms with van der Waals surface area (Å²) in [5.74, 6) is -1.18. The van der Waals surface area contributed by atoms with Crippen molar-refractivity contribution in [3.8, 4) is 0 Å². The number of ketones is 1. The number of rotatable bonds is 8. The molecule has 0 aliphatic rings. The quantitative estimate of drug-likeness (QED) is 0.416. The monoisotopic (exact) mass is 415 g/mol. The van der Waals surface area contributed by atoms with Crippen molar-refractivity contribution in [1.82, 2.24) is 0 Å². The van der Waals surface area contributed by atoms with Crippen LogP contribution < -0.4 is 5.32 Å². The molecule has 0 saturated heterocycles. The van der Waals surface area contributed by atoms with E-state index in [9.17, 15) is 14.4 Å². The second-order valence-electron chi connectivity index (χ2n) is 7.34. The Kier molecular flexibility index (Phi) is 7.33. The third kappa shape index (κ3) is 6.12. The molecule has 0 fully saturated rings. The van der Waals surface area contributed by atoms with Gasteiger partial charge in [-0.15, -0.1) is 0 Å². The molecular weight excluding hydrogens is 390 g/mol. The molecule has 5 heteroatoms. The van der Waals surface area contributed by atoms with Crippen LogP contribution in [0, 0.1) is 0 Å². The van der Waals surface area contributed by atoms with Crippen LogP contribution in [0.5, 0.6) is 0 Å². The predicted molar refractivity (Wildman–Crippen MR) is 120 cm³/mol. The summed E-state index contributed by atoms with van der Waals surface area (Å²) in [4.78, 5) is 36.7. The van der Waals surface area contributed by atoms with E-state index in [0.29, 0.717) is 11.3 Å². The zero-order chi connectivity index (χ0) is 22.2. The molecule has 1 atom stereocenters. The van der Waals surface area contributed by atoms with E-state index in [-0.39, 0.29) is 18.1 Å². The number of benzene rings is 3. The summed E-state index contributed by atoms with van der Waals surface area (Å²) in [5, 5.41) is 2.69. The third-order valence-corrected chi connectivity index (χ3v) is 4.99. The van der Waals surface area contributed by atoms with Gasteiger partial charge in [-0.1, -0.05) is 72.8 Å². The van der Waals surface area contributed by atoms with E-state index in [1.165, 1.54) is 13.8 Å². The minimum Gasteiger partial charge on any atom is -0.453 e. The Morgan fingerprint density at radius 3 is 1.97 bits per heavy atom. The van der Waals surface area contributed by atoms with Crippen molar-refractivity contribution in [3.05, 3.63) is 102 Å². The number of anilines is 1. The molecule has 3 rings (SSSR count). The average Bonchev–Trinajstić information content (AvgIpc) is 2.78. The number of hydrogen-bond acceptors (Lipinski definition) is 4. The highest BCUT2D eigenvalue weighted by Crippen LogP contribution is 2.28. The van der Waals surface area contributed by atoms with Gasteiger partial charge in [0.2, 0.25) is 0 Å². The molecular formula is C26H25NO4. The van der Waals surface area contributed by atoms with Crippen LogP contribution in [0.15, 0.2) is 84.9 Å². The van der Waals surface area contributed by atoms with Gasteiger partial charge in [-0.25, -0.2) is 0 Å². The van der Waals surface area contributed by atoms with Crippen LogP contribution >= 0.6 is 0 Å². The van der Waals surface area contributed by atoms with Crippen molar-refractivity contribution >= 4 is 23.3 Å². The first-order valence-electron chi connectivity index (χ1n) is 10.2. The summed E-state index contributed by atoms with van der Waals surface area (Å²) < 4.78 is 5.42. The van der Waals surface area contributed by atoms with Crippen LogP contribution in [0.4, 0.5) is 5.69 Å². The van der Waals surface area contributed by atoms with E-state index >= 15 is 0 Å². The smallest absolute Gasteiger partial charge is 0.307 e. The van der Waals surface area contributed by atoms with Gasteiger partial charge in [-0.3, -0.25) is 14.4 Å². The van der Waals surface area contributed by atoms with E-state index in [1.807, 2.05) is 60.7 Å². The Morgan fingerprint density at radius 2 is 1.42 bits per heavy atom. The topological polar surface area (TPSA) is 72.5 Å². The lowest BCUT2D eigenvalue weighted by atomic mass is 9.88. The van der Waals surface area contributed by atoms with Gasteiger partial charge in [0.25, 0.3) is 5.91 Å². The minimum atomic E-state index is -0.972. The van der Waals surface area contributed by atoms with Crippen molar-refractivity contribution in [1.29, 1.82) is 0 Å². The zero-order valence-corrected chi connectivity index (χ0v) is 17.6. The molecule has 0 radical (unpaired) electrons. The fourth-order valence-corrected chi connectivity index (χ4v) is 3.32. The Labute approximate surface area is 182 Å². The van der Waals surface area contributed by atoms with Gasteiger partial charge < -0.3 is 10.1 Å². The molecule has 0 aliphatic carbocycles. The number of hydrogen-bond donors (Lipinski definition) is 1. The highest BCUT2D eigenvalue weighted by atomic mass is 16.5. The van der Waals surface area contributed by atoms with Crippen molar-refractivity contribution in [2.45, 2.75) is 32.3 Å². The van der Waals surface area contributed by atoms with Crippen LogP contribution in [0.25, 0.3) is 0 Å². The molecule has 0 aliphatic heterocycles. The Balaban J connectivity index is 1.66. The molecule has 158 valence electrons. The van der Waals surface area contributed by atoms with Crippen molar-refractivity contribution in [2.75, 3.05) is 5.32 Å². The molecule has 1 amide bonds. The van der Waals surface area contributed by atoms with E-state index in [0.717, 1.165) is 11.1 Å². The molecule has 31 heavy (non-hydrogen) atoms. The third-order valence-electron chi connectivity index (χ3n) is 4.99. The lowest BCUT2D eigenvalue weighted by Crippen LogP contribution is -2.30. The SMILES string of the molecule is CC(=O)c1cccc(NC(=O)[C@@H](C)OC(=O)CC(c2ccccc2)c2ccccc2)c1. The van der Waals surface area contributed by atoms with Crippen molar-refractivity contribution in [2.24, 2.45) is 0 Å². The van der Waals surface area contributed by atoms with Crippen LogP contribution in [0.2, 0.25) is 0 Å². The normalized spacial score (nSPS) is 11.6. The first-order chi connectivity index (χ1) is 14.9. The Hall–Kier alpha value is -3.73. The maximum absolute atomic E-state index is 12.7. The highest BCUT2D eigenvalue weighted by Gasteiger charge is 2.23. The zero-order valence-electron chi connectivity index (χ0n) is 17.6. The van der Waals surface area contributed by atoms with E-state index in [4.69, 9.17) is 4.74 Å². The first kappa shape index (κ1) is 22.0. The van der Waals surface area contributed by atoms with Gasteiger partial charge in [-0.05, 0) is 37.1 Å². The summed E-state index contributed by atoms with van der Waals surface area (Å²) in [6.07, 6.45) is -0.855. The fraction of sp³-hybridized carbons (Fsp3) is 0.192. The number of esters is 1. The van der Waals surface area contributed by atoms with Gasteiger partial charge in [0.1, 0.15) is 0 Å². The molecule has 0 heterocycles. The molecule has 0 saturated carbocycles. The maximum atomic E-state index is 12.7. The largest absolute Gasteiger partial charge is 0.453 e. The summed E-state index contributed by atoms with van der Waals surface area (Å²) in [5.41, 5.74) is 2.98. The molecule has 0 spiro atoms. The van der Waals surface area contributed by atoms with Crippen LogP contribution in [0.3, 0.4) is 0 Å². The van der Waals surface area contributed by atoms with Gasteiger partial charge >= 0.3 is 5.97 Å². The Morgan fingerprint density at radius 1 is 0.839 bits per heavy atom. The van der Waals surface area contributed by atoms with Gasteiger partial charge in [0, 0.05) is 17.2 Å². The lowest BCUT2D eigenvalue weighted by Gasteiger charge is -2.19. The molecule has 3 aromatic carbocycles. The lowest BCUT2D eigenvalue weighted by molar-refractivity contribution is -0.153. The summed E-state index contributed by atoms with van der Waals surface area (Å²) in [7, 11) is 0. The number of nitrogens with one attached hydrogen (secondary N) is 1. The summed E-state index contributed by atoms with van der Waals surface area (Å²) >= 11 is 0. The molecule has 0 aromatic heterocycles. The number of carbonyl (C=O) groups excluding carboxylic acids is 3. The van der Waals surface area contributed by atoms with Crippen LogP contribution in [-0.2, 0) is 14.3 Å². The maximum Gasteiger partial charge on any atom is 0.307 e. The molecule has 5 nitrogen and oxygen atoms in total. The highest BCUT2D eigenvalue weighted by molar-refractivity contribution is 5.98. The van der Waals surface area contributed by atoms with Crippen molar-refractivity contribution < 1.29 is 19.1 Å². The summed E-state index contributed by atoms with van der Waals surface area (Å²) in [6.45, 7) is 2.99. The van der Waals surface area contributed by atoms with Crippen LogP contribution in [-0.4, -0.2) is 23.8 Å². The predicted octanol–water partition coefficient (Wildman–Crippen LogP) is 4.98. The number of ether oxygens (including phenoxy) is 1. The number of carbonyl (C=O) groups is 3. The number of Topliss-reactive ketones (excluding diaryl/α,β-unsaturated/α-hetero) is 1. The minimum absolute atomic E-state index is 0.0940. The van der Waals surface area contributed by atoms with Crippen molar-refractivity contribution in [3.63, 3.8) is 0 Å². The van der Waals surface area contributed by atoms with E-state index < -0.39 is 18.0 Å². The average molecular weight is 415 g/mol. The standard InChI is InChI=1S/C26H25NO4/c1-18(28)22-14-9-15-23(16-22)27-26(30)19(2)31-25(29)17-24(20-10-5-3-6-11-20)21-12-7-4-8-13-21/h3-16,19,24H,17H2,1-2H3,(H,27,30)/t19-/m1/s1. The second-order valence-corrected chi connectivity index (χ2v) is 7.34. The first-order valence-corrected chi connectivity index (χ1v) is 10.2. The van der Waals surface area contributed by atoms with E-state index in [2.05, 4.69) is 5.32 Å². The van der Waals surface area contributed by atoms with Gasteiger partial charge in [-0.2, -0.15) is 0 Å². The molecule has 0 unspecified atom stereocenters.